The number of nitrogens with zero attached hydrogens (tertiary/aromatic N) is 1. The molecule has 0 saturated carbocycles. The van der Waals surface area contributed by atoms with Crippen LogP contribution in [0.3, 0.4) is 0 Å². The van der Waals surface area contributed by atoms with Crippen molar-refractivity contribution >= 4 is 16.5 Å². The van der Waals surface area contributed by atoms with Gasteiger partial charge in [0.2, 0.25) is 0 Å². The van der Waals surface area contributed by atoms with Gasteiger partial charge in [0.15, 0.2) is 5.13 Å². The molecule has 0 aliphatic rings. The van der Waals surface area contributed by atoms with Crippen LogP contribution >= 0.6 is 11.3 Å². The molecule has 1 aromatic heterocycles. The monoisotopic (exact) mass is 282 g/mol. The highest BCUT2D eigenvalue weighted by Gasteiger charge is 2.02. The van der Waals surface area contributed by atoms with Crippen LogP contribution in [0.1, 0.15) is 5.56 Å². The van der Waals surface area contributed by atoms with E-state index in [0.29, 0.717) is 11.7 Å². The molecule has 3 aromatic rings. The van der Waals surface area contributed by atoms with Crippen LogP contribution < -0.4 is 10.5 Å². The molecule has 0 aliphatic carbocycles. The van der Waals surface area contributed by atoms with Crippen LogP contribution in [0.4, 0.5) is 5.13 Å². The molecule has 0 aliphatic heterocycles. The second-order valence-electron chi connectivity index (χ2n) is 4.36. The molecule has 0 saturated heterocycles. The SMILES string of the molecule is Nc1ncc(-c2ccc(OCc3ccccc3)cc2)s1. The van der Waals surface area contributed by atoms with Crippen molar-refractivity contribution in [1.29, 1.82) is 0 Å². The Balaban J connectivity index is 1.67. The van der Waals surface area contributed by atoms with Crippen molar-refractivity contribution in [2.45, 2.75) is 6.61 Å². The lowest BCUT2D eigenvalue weighted by Gasteiger charge is -2.06. The van der Waals surface area contributed by atoms with E-state index in [0.717, 1.165) is 21.8 Å². The average Bonchev–Trinajstić information content (AvgIpc) is 2.93. The van der Waals surface area contributed by atoms with E-state index in [1.54, 1.807) is 6.20 Å². The Morgan fingerprint density at radius 3 is 2.40 bits per heavy atom. The number of ether oxygens (including phenoxy) is 1. The number of aromatic nitrogens is 1. The van der Waals surface area contributed by atoms with Gasteiger partial charge in [-0.25, -0.2) is 4.98 Å². The molecule has 0 atom stereocenters. The molecule has 0 bridgehead atoms. The Morgan fingerprint density at radius 1 is 1.00 bits per heavy atom. The van der Waals surface area contributed by atoms with Crippen LogP contribution in [-0.4, -0.2) is 4.98 Å². The topological polar surface area (TPSA) is 48.1 Å². The summed E-state index contributed by atoms with van der Waals surface area (Å²) in [6, 6.07) is 18.1. The third kappa shape index (κ3) is 2.97. The van der Waals surface area contributed by atoms with Crippen molar-refractivity contribution in [3.63, 3.8) is 0 Å². The molecule has 3 nitrogen and oxygen atoms in total. The highest BCUT2D eigenvalue weighted by molar-refractivity contribution is 7.18. The second kappa shape index (κ2) is 5.75. The summed E-state index contributed by atoms with van der Waals surface area (Å²) in [5.74, 6) is 0.857. The van der Waals surface area contributed by atoms with Crippen molar-refractivity contribution < 1.29 is 4.74 Å². The Bertz CT molecular complexity index is 677. The number of hydrogen-bond acceptors (Lipinski definition) is 4. The number of benzene rings is 2. The van der Waals surface area contributed by atoms with Crippen molar-refractivity contribution in [3.8, 4) is 16.2 Å². The summed E-state index contributed by atoms with van der Waals surface area (Å²) in [6.45, 7) is 0.577. The molecule has 2 aromatic carbocycles. The summed E-state index contributed by atoms with van der Waals surface area (Å²) in [5.41, 5.74) is 7.90. The van der Waals surface area contributed by atoms with E-state index < -0.39 is 0 Å². The molecule has 100 valence electrons. The molecule has 2 N–H and O–H groups in total. The Labute approximate surface area is 121 Å². The van der Waals surface area contributed by atoms with E-state index in [2.05, 4.69) is 17.1 Å². The number of thiazole rings is 1. The zero-order valence-corrected chi connectivity index (χ0v) is 11.6. The molecule has 20 heavy (non-hydrogen) atoms. The molecule has 4 heteroatoms. The lowest BCUT2D eigenvalue weighted by Crippen LogP contribution is -1.94. The first-order chi connectivity index (χ1) is 9.81. The van der Waals surface area contributed by atoms with E-state index >= 15 is 0 Å². The minimum atomic E-state index is 0.577. The van der Waals surface area contributed by atoms with Gasteiger partial charge >= 0.3 is 0 Å². The predicted octanol–water partition coefficient (Wildman–Crippen LogP) is 3.97. The minimum absolute atomic E-state index is 0.577. The molecule has 0 radical (unpaired) electrons. The van der Waals surface area contributed by atoms with Gasteiger partial charge < -0.3 is 10.5 Å². The summed E-state index contributed by atoms with van der Waals surface area (Å²) < 4.78 is 5.75. The van der Waals surface area contributed by atoms with E-state index in [-0.39, 0.29) is 0 Å². The van der Waals surface area contributed by atoms with E-state index in [1.165, 1.54) is 11.3 Å². The summed E-state index contributed by atoms with van der Waals surface area (Å²) in [7, 11) is 0. The van der Waals surface area contributed by atoms with Gasteiger partial charge in [-0.15, -0.1) is 0 Å². The molecule has 1 heterocycles. The quantitative estimate of drug-likeness (QED) is 0.787. The Morgan fingerprint density at radius 2 is 1.75 bits per heavy atom. The standard InChI is InChI=1S/C16H14N2OS/c17-16-18-10-15(20-16)13-6-8-14(9-7-13)19-11-12-4-2-1-3-5-12/h1-10H,11H2,(H2,17,18). The van der Waals surface area contributed by atoms with Crippen LogP contribution in [-0.2, 0) is 6.61 Å². The highest BCUT2D eigenvalue weighted by Crippen LogP contribution is 2.28. The second-order valence-corrected chi connectivity index (χ2v) is 5.42. The fourth-order valence-electron chi connectivity index (χ4n) is 1.88. The van der Waals surface area contributed by atoms with Crippen LogP contribution in [0.15, 0.2) is 60.8 Å². The van der Waals surface area contributed by atoms with Gasteiger partial charge in [-0.1, -0.05) is 41.7 Å². The zero-order valence-electron chi connectivity index (χ0n) is 10.8. The van der Waals surface area contributed by atoms with Crippen molar-refractivity contribution in [1.82, 2.24) is 4.98 Å². The lowest BCUT2D eigenvalue weighted by molar-refractivity contribution is 0.306. The summed E-state index contributed by atoms with van der Waals surface area (Å²) >= 11 is 1.48. The summed E-state index contributed by atoms with van der Waals surface area (Å²) in [4.78, 5) is 5.12. The molecular weight excluding hydrogens is 268 g/mol. The lowest BCUT2D eigenvalue weighted by atomic mass is 10.2. The Kier molecular flexibility index (Phi) is 3.65. The maximum Gasteiger partial charge on any atom is 0.180 e. The molecule has 0 amide bonds. The summed E-state index contributed by atoms with van der Waals surface area (Å²) in [5, 5.41) is 0.587. The predicted molar refractivity (Wildman–Crippen MR) is 82.7 cm³/mol. The summed E-state index contributed by atoms with van der Waals surface area (Å²) in [6.07, 6.45) is 1.79. The molecule has 3 rings (SSSR count). The first-order valence-electron chi connectivity index (χ1n) is 6.30. The third-order valence-corrected chi connectivity index (χ3v) is 3.79. The minimum Gasteiger partial charge on any atom is -0.489 e. The van der Waals surface area contributed by atoms with E-state index in [4.69, 9.17) is 10.5 Å². The fraction of sp³-hybridized carbons (Fsp3) is 0.0625. The van der Waals surface area contributed by atoms with Crippen molar-refractivity contribution in [2.75, 3.05) is 5.73 Å². The average molecular weight is 282 g/mol. The van der Waals surface area contributed by atoms with Gasteiger partial charge in [-0.05, 0) is 35.4 Å². The molecule has 0 spiro atoms. The number of nitrogen functional groups attached to an aromatic ring is 1. The van der Waals surface area contributed by atoms with Crippen LogP contribution in [0.25, 0.3) is 10.4 Å². The highest BCUT2D eigenvalue weighted by atomic mass is 32.1. The van der Waals surface area contributed by atoms with Gasteiger partial charge in [-0.3, -0.25) is 0 Å². The smallest absolute Gasteiger partial charge is 0.180 e. The number of nitrogens with two attached hydrogens (primary N) is 1. The van der Waals surface area contributed by atoms with E-state index in [9.17, 15) is 0 Å². The van der Waals surface area contributed by atoms with Gasteiger partial charge in [-0.2, -0.15) is 0 Å². The van der Waals surface area contributed by atoms with Gasteiger partial charge in [0.25, 0.3) is 0 Å². The first-order valence-corrected chi connectivity index (χ1v) is 7.11. The zero-order chi connectivity index (χ0) is 13.8. The number of anilines is 1. The van der Waals surface area contributed by atoms with Crippen molar-refractivity contribution in [2.24, 2.45) is 0 Å². The van der Waals surface area contributed by atoms with Crippen LogP contribution in [0, 0.1) is 0 Å². The maximum absolute atomic E-state index is 5.75. The number of rotatable bonds is 4. The van der Waals surface area contributed by atoms with Gasteiger partial charge in [0, 0.05) is 6.20 Å². The largest absolute Gasteiger partial charge is 0.489 e. The number of hydrogen-bond donors (Lipinski definition) is 1. The molecular formula is C16H14N2OS. The van der Waals surface area contributed by atoms with Crippen molar-refractivity contribution in [3.05, 3.63) is 66.4 Å². The third-order valence-electron chi connectivity index (χ3n) is 2.91. The van der Waals surface area contributed by atoms with Gasteiger partial charge in [0.1, 0.15) is 12.4 Å². The van der Waals surface area contributed by atoms with E-state index in [1.807, 2.05) is 42.5 Å². The normalized spacial score (nSPS) is 10.4. The molecule has 0 unspecified atom stereocenters. The first kappa shape index (κ1) is 12.7. The maximum atomic E-state index is 5.75. The fourth-order valence-corrected chi connectivity index (χ4v) is 2.57. The molecule has 0 fully saturated rings. The van der Waals surface area contributed by atoms with Gasteiger partial charge in [0.05, 0.1) is 4.88 Å². The Hall–Kier alpha value is -2.33. The van der Waals surface area contributed by atoms with Crippen LogP contribution in [0.2, 0.25) is 0 Å². The van der Waals surface area contributed by atoms with Crippen LogP contribution in [0.5, 0.6) is 5.75 Å².